The Morgan fingerprint density at radius 1 is 1.24 bits per heavy atom. The molecule has 0 aliphatic rings. The van der Waals surface area contributed by atoms with Gasteiger partial charge in [0.2, 0.25) is 0 Å². The van der Waals surface area contributed by atoms with E-state index in [0.29, 0.717) is 31.7 Å². The van der Waals surface area contributed by atoms with Gasteiger partial charge in [0, 0.05) is 40.3 Å². The van der Waals surface area contributed by atoms with Gasteiger partial charge in [-0.15, -0.1) is 0 Å². The Hall–Kier alpha value is -1.87. The smallest absolute Gasteiger partial charge is 0.383 e. The standard InChI is InChI=1S/C16H24F4N4O/c1-21-15(22-6-7-24(2)8-9-25-3)23-11-12-4-5-13(17)10-14(12)16(18,19)20/h4-5,10H,6-9,11H2,1-3H3,(H2,21,22,23). The number of benzene rings is 1. The molecule has 5 nitrogen and oxygen atoms in total. The predicted octanol–water partition coefficient (Wildman–Crippen LogP) is 2.09. The van der Waals surface area contributed by atoms with Crippen molar-refractivity contribution >= 4 is 5.96 Å². The van der Waals surface area contributed by atoms with Crippen molar-refractivity contribution in [2.75, 3.05) is 47.4 Å². The van der Waals surface area contributed by atoms with Crippen molar-refractivity contribution in [3.8, 4) is 0 Å². The van der Waals surface area contributed by atoms with Crippen LogP contribution in [0.25, 0.3) is 0 Å². The number of aliphatic imine (C=N–C) groups is 1. The van der Waals surface area contributed by atoms with Gasteiger partial charge in [0.05, 0.1) is 12.2 Å². The van der Waals surface area contributed by atoms with Crippen molar-refractivity contribution in [1.29, 1.82) is 0 Å². The molecule has 1 aromatic rings. The summed E-state index contributed by atoms with van der Waals surface area (Å²) in [7, 11) is 5.09. The Morgan fingerprint density at radius 2 is 1.96 bits per heavy atom. The van der Waals surface area contributed by atoms with Crippen LogP contribution in [0.15, 0.2) is 23.2 Å². The Balaban J connectivity index is 2.56. The SMILES string of the molecule is CN=C(NCCN(C)CCOC)NCc1ccc(F)cc1C(F)(F)F. The van der Waals surface area contributed by atoms with E-state index in [1.807, 2.05) is 11.9 Å². The van der Waals surface area contributed by atoms with E-state index < -0.39 is 17.6 Å². The Morgan fingerprint density at radius 3 is 2.56 bits per heavy atom. The van der Waals surface area contributed by atoms with Crippen molar-refractivity contribution in [1.82, 2.24) is 15.5 Å². The number of rotatable bonds is 8. The number of hydrogen-bond donors (Lipinski definition) is 2. The number of nitrogens with one attached hydrogen (secondary N) is 2. The highest BCUT2D eigenvalue weighted by atomic mass is 19.4. The van der Waals surface area contributed by atoms with Crippen molar-refractivity contribution in [3.05, 3.63) is 35.1 Å². The van der Waals surface area contributed by atoms with Gasteiger partial charge in [-0.1, -0.05) is 6.07 Å². The van der Waals surface area contributed by atoms with Crippen molar-refractivity contribution in [2.45, 2.75) is 12.7 Å². The summed E-state index contributed by atoms with van der Waals surface area (Å²) in [6.07, 6.45) is -4.61. The molecule has 0 spiro atoms. The summed E-state index contributed by atoms with van der Waals surface area (Å²) < 4.78 is 57.0. The van der Waals surface area contributed by atoms with Crippen LogP contribution in [0.2, 0.25) is 0 Å². The zero-order valence-electron chi connectivity index (χ0n) is 14.6. The third-order valence-electron chi connectivity index (χ3n) is 3.51. The molecule has 1 rings (SSSR count). The van der Waals surface area contributed by atoms with Gasteiger partial charge in [-0.3, -0.25) is 4.99 Å². The van der Waals surface area contributed by atoms with Crippen LogP contribution in [0.3, 0.4) is 0 Å². The first kappa shape index (κ1) is 21.2. The molecule has 0 aromatic heterocycles. The van der Waals surface area contributed by atoms with Gasteiger partial charge in [0.15, 0.2) is 5.96 Å². The molecule has 0 amide bonds. The predicted molar refractivity (Wildman–Crippen MR) is 89.0 cm³/mol. The lowest BCUT2D eigenvalue weighted by molar-refractivity contribution is -0.138. The van der Waals surface area contributed by atoms with Crippen LogP contribution in [-0.4, -0.2) is 58.3 Å². The molecule has 0 heterocycles. The maximum atomic E-state index is 13.1. The zero-order chi connectivity index (χ0) is 18.9. The summed E-state index contributed by atoms with van der Waals surface area (Å²) in [6, 6.07) is 2.63. The highest BCUT2D eigenvalue weighted by Crippen LogP contribution is 2.32. The quantitative estimate of drug-likeness (QED) is 0.421. The number of nitrogens with zero attached hydrogens (tertiary/aromatic N) is 2. The first-order valence-electron chi connectivity index (χ1n) is 7.75. The van der Waals surface area contributed by atoms with E-state index in [-0.39, 0.29) is 12.1 Å². The Labute approximate surface area is 145 Å². The lowest BCUT2D eigenvalue weighted by atomic mass is 10.1. The number of likely N-dealkylation sites (N-methyl/N-ethyl adjacent to an activating group) is 1. The van der Waals surface area contributed by atoms with E-state index in [2.05, 4.69) is 15.6 Å². The normalized spacial score (nSPS) is 12.6. The van der Waals surface area contributed by atoms with Crippen LogP contribution in [0, 0.1) is 5.82 Å². The Kier molecular flexibility index (Phi) is 8.64. The maximum absolute atomic E-state index is 13.1. The van der Waals surface area contributed by atoms with Crippen LogP contribution in [0.4, 0.5) is 17.6 Å². The van der Waals surface area contributed by atoms with Gasteiger partial charge in [-0.25, -0.2) is 4.39 Å². The topological polar surface area (TPSA) is 48.9 Å². The second kappa shape index (κ2) is 10.2. The molecule has 0 fully saturated rings. The van der Waals surface area contributed by atoms with Crippen LogP contribution in [-0.2, 0) is 17.5 Å². The minimum absolute atomic E-state index is 0.0472. The van der Waals surface area contributed by atoms with E-state index >= 15 is 0 Å². The first-order valence-corrected chi connectivity index (χ1v) is 7.75. The molecule has 2 N–H and O–H groups in total. The zero-order valence-corrected chi connectivity index (χ0v) is 14.6. The highest BCUT2D eigenvalue weighted by Gasteiger charge is 2.33. The third-order valence-corrected chi connectivity index (χ3v) is 3.51. The molecule has 0 unspecified atom stereocenters. The number of halogens is 4. The van der Waals surface area contributed by atoms with Gasteiger partial charge < -0.3 is 20.3 Å². The van der Waals surface area contributed by atoms with Crippen molar-refractivity contribution in [3.63, 3.8) is 0 Å². The van der Waals surface area contributed by atoms with Gasteiger partial charge in [-0.2, -0.15) is 13.2 Å². The van der Waals surface area contributed by atoms with Gasteiger partial charge in [0.1, 0.15) is 5.82 Å². The molecule has 0 atom stereocenters. The number of hydrogen-bond acceptors (Lipinski definition) is 3. The molecule has 9 heteroatoms. The van der Waals surface area contributed by atoms with Crippen LogP contribution >= 0.6 is 0 Å². The fraction of sp³-hybridized carbons (Fsp3) is 0.562. The lowest BCUT2D eigenvalue weighted by Crippen LogP contribution is -2.41. The minimum atomic E-state index is -4.61. The van der Waals surface area contributed by atoms with Crippen LogP contribution in [0.5, 0.6) is 0 Å². The van der Waals surface area contributed by atoms with Gasteiger partial charge >= 0.3 is 6.18 Å². The summed E-state index contributed by atoms with van der Waals surface area (Å²) >= 11 is 0. The molecule has 0 bridgehead atoms. The van der Waals surface area contributed by atoms with Gasteiger partial charge in [0.25, 0.3) is 0 Å². The van der Waals surface area contributed by atoms with Gasteiger partial charge in [-0.05, 0) is 24.7 Å². The summed E-state index contributed by atoms with van der Waals surface area (Å²) in [5, 5.41) is 5.83. The molecule has 0 aliphatic carbocycles. The molecule has 0 aliphatic heterocycles. The van der Waals surface area contributed by atoms with E-state index in [1.54, 1.807) is 7.11 Å². The molecule has 0 saturated heterocycles. The van der Waals surface area contributed by atoms with Crippen molar-refractivity contribution in [2.24, 2.45) is 4.99 Å². The minimum Gasteiger partial charge on any atom is -0.383 e. The average molecular weight is 364 g/mol. The van der Waals surface area contributed by atoms with Crippen LogP contribution in [0.1, 0.15) is 11.1 Å². The third kappa shape index (κ3) is 7.70. The number of ether oxygens (including phenoxy) is 1. The summed E-state index contributed by atoms with van der Waals surface area (Å²) in [4.78, 5) is 6.01. The molecule has 1 aromatic carbocycles. The average Bonchev–Trinajstić information content (AvgIpc) is 2.56. The van der Waals surface area contributed by atoms with Crippen LogP contribution < -0.4 is 10.6 Å². The Bertz CT molecular complexity index is 564. The summed E-state index contributed by atoms with van der Waals surface area (Å²) in [6.45, 7) is 2.56. The second-order valence-electron chi connectivity index (χ2n) is 5.45. The van der Waals surface area contributed by atoms with Crippen molar-refractivity contribution < 1.29 is 22.3 Å². The second-order valence-corrected chi connectivity index (χ2v) is 5.45. The fourth-order valence-corrected chi connectivity index (χ4v) is 2.09. The number of methoxy groups -OCH3 is 1. The molecule has 142 valence electrons. The molecular formula is C16H24F4N4O. The number of guanidine groups is 1. The molecule has 25 heavy (non-hydrogen) atoms. The fourth-order valence-electron chi connectivity index (χ4n) is 2.09. The lowest BCUT2D eigenvalue weighted by Gasteiger charge is -2.18. The monoisotopic (exact) mass is 364 g/mol. The van der Waals surface area contributed by atoms with E-state index in [4.69, 9.17) is 4.74 Å². The summed E-state index contributed by atoms with van der Waals surface area (Å²) in [5.41, 5.74) is -1.04. The summed E-state index contributed by atoms with van der Waals surface area (Å²) in [5.74, 6) is -0.546. The molecular weight excluding hydrogens is 340 g/mol. The highest BCUT2D eigenvalue weighted by molar-refractivity contribution is 5.79. The molecule has 0 saturated carbocycles. The number of alkyl halides is 3. The largest absolute Gasteiger partial charge is 0.416 e. The molecule has 0 radical (unpaired) electrons. The maximum Gasteiger partial charge on any atom is 0.416 e. The van der Waals surface area contributed by atoms with E-state index in [0.717, 1.165) is 18.7 Å². The first-order chi connectivity index (χ1) is 11.8. The van der Waals surface area contributed by atoms with E-state index in [1.165, 1.54) is 7.05 Å². The van der Waals surface area contributed by atoms with E-state index in [9.17, 15) is 17.6 Å².